The highest BCUT2D eigenvalue weighted by Crippen LogP contribution is 2.23. The number of pyridine rings is 1. The van der Waals surface area contributed by atoms with Crippen molar-refractivity contribution in [3.05, 3.63) is 58.3 Å². The van der Waals surface area contributed by atoms with Gasteiger partial charge in [0, 0.05) is 49.0 Å². The maximum Gasteiger partial charge on any atom is 0.164 e. The lowest BCUT2D eigenvalue weighted by molar-refractivity contribution is 0.278. The SMILES string of the molecule is CSC(=Nc1cccnc1)N1CCCN(Cc2ccc(Cl)cc2Cl)CC1. The molecule has 3 rings (SSSR count). The van der Waals surface area contributed by atoms with Crippen molar-refractivity contribution in [1.82, 2.24) is 14.8 Å². The van der Waals surface area contributed by atoms with Gasteiger partial charge >= 0.3 is 0 Å². The molecule has 1 aromatic heterocycles. The van der Waals surface area contributed by atoms with Gasteiger partial charge in [-0.05, 0) is 42.5 Å². The summed E-state index contributed by atoms with van der Waals surface area (Å²) < 4.78 is 0. The van der Waals surface area contributed by atoms with Crippen LogP contribution in [-0.2, 0) is 6.54 Å². The molecule has 1 aliphatic rings. The summed E-state index contributed by atoms with van der Waals surface area (Å²) in [6.45, 7) is 4.82. The molecular formula is C19H22Cl2N4S. The molecule has 0 N–H and O–H groups in total. The summed E-state index contributed by atoms with van der Waals surface area (Å²) in [5.41, 5.74) is 2.02. The van der Waals surface area contributed by atoms with Crippen LogP contribution in [0.5, 0.6) is 0 Å². The quantitative estimate of drug-likeness (QED) is 0.531. The number of thioether (sulfide) groups is 1. The van der Waals surface area contributed by atoms with Crippen molar-refractivity contribution in [3.63, 3.8) is 0 Å². The molecule has 0 bridgehead atoms. The molecule has 0 aliphatic carbocycles. The van der Waals surface area contributed by atoms with Gasteiger partial charge in [-0.2, -0.15) is 0 Å². The molecule has 0 unspecified atom stereocenters. The fraction of sp³-hybridized carbons (Fsp3) is 0.368. The largest absolute Gasteiger partial charge is 0.350 e. The lowest BCUT2D eigenvalue weighted by Gasteiger charge is -2.24. The number of hydrogen-bond acceptors (Lipinski definition) is 4. The summed E-state index contributed by atoms with van der Waals surface area (Å²) in [7, 11) is 0. The Hall–Kier alpha value is -1.27. The Morgan fingerprint density at radius 2 is 2.08 bits per heavy atom. The maximum atomic E-state index is 6.33. The minimum absolute atomic E-state index is 0.678. The Bertz CT molecular complexity index is 754. The fourth-order valence-corrected chi connectivity index (χ4v) is 4.09. The zero-order chi connectivity index (χ0) is 18.4. The van der Waals surface area contributed by atoms with E-state index in [1.807, 2.05) is 30.3 Å². The molecule has 0 saturated carbocycles. The molecule has 2 heterocycles. The smallest absolute Gasteiger partial charge is 0.164 e. The second-order valence-corrected chi connectivity index (χ2v) is 7.78. The van der Waals surface area contributed by atoms with E-state index in [0.717, 1.165) is 60.6 Å². The van der Waals surface area contributed by atoms with Gasteiger partial charge in [0.15, 0.2) is 5.17 Å². The third kappa shape index (κ3) is 5.36. The lowest BCUT2D eigenvalue weighted by Crippen LogP contribution is -2.33. The number of hydrogen-bond donors (Lipinski definition) is 0. The van der Waals surface area contributed by atoms with Gasteiger partial charge in [-0.25, -0.2) is 4.99 Å². The van der Waals surface area contributed by atoms with E-state index in [1.54, 1.807) is 24.2 Å². The minimum Gasteiger partial charge on any atom is -0.350 e. The topological polar surface area (TPSA) is 31.7 Å². The van der Waals surface area contributed by atoms with E-state index >= 15 is 0 Å². The average molecular weight is 409 g/mol. The van der Waals surface area contributed by atoms with Crippen LogP contribution in [0.3, 0.4) is 0 Å². The van der Waals surface area contributed by atoms with E-state index in [2.05, 4.69) is 21.0 Å². The molecule has 1 fully saturated rings. The second kappa shape index (κ2) is 9.60. The first-order valence-electron chi connectivity index (χ1n) is 8.59. The monoisotopic (exact) mass is 408 g/mol. The van der Waals surface area contributed by atoms with Crippen molar-refractivity contribution in [2.24, 2.45) is 4.99 Å². The van der Waals surface area contributed by atoms with Crippen molar-refractivity contribution in [2.75, 3.05) is 32.4 Å². The first-order valence-corrected chi connectivity index (χ1v) is 10.6. The summed E-state index contributed by atoms with van der Waals surface area (Å²) in [6.07, 6.45) is 6.73. The van der Waals surface area contributed by atoms with E-state index in [1.165, 1.54) is 0 Å². The normalized spacial score (nSPS) is 16.6. The Morgan fingerprint density at radius 1 is 1.19 bits per heavy atom. The summed E-state index contributed by atoms with van der Waals surface area (Å²) in [5.74, 6) is 0. The zero-order valence-electron chi connectivity index (χ0n) is 14.7. The second-order valence-electron chi connectivity index (χ2n) is 6.16. The van der Waals surface area contributed by atoms with E-state index in [4.69, 9.17) is 28.2 Å². The molecule has 4 nitrogen and oxygen atoms in total. The number of halogens is 2. The van der Waals surface area contributed by atoms with Gasteiger partial charge < -0.3 is 4.90 Å². The highest BCUT2D eigenvalue weighted by atomic mass is 35.5. The van der Waals surface area contributed by atoms with Crippen LogP contribution in [0.2, 0.25) is 10.0 Å². The van der Waals surface area contributed by atoms with Gasteiger partial charge in [-0.1, -0.05) is 41.0 Å². The first kappa shape index (κ1) is 19.5. The summed E-state index contributed by atoms with van der Waals surface area (Å²) in [5, 5.41) is 2.46. The van der Waals surface area contributed by atoms with Crippen LogP contribution in [0.25, 0.3) is 0 Å². The molecule has 0 radical (unpaired) electrons. The van der Waals surface area contributed by atoms with Crippen molar-refractivity contribution >= 4 is 45.8 Å². The Kier molecular flexibility index (Phi) is 7.20. The van der Waals surface area contributed by atoms with Crippen LogP contribution in [0, 0.1) is 0 Å². The van der Waals surface area contributed by atoms with Crippen molar-refractivity contribution in [2.45, 2.75) is 13.0 Å². The number of aromatic nitrogens is 1. The number of rotatable bonds is 3. The van der Waals surface area contributed by atoms with E-state index in [0.29, 0.717) is 5.02 Å². The van der Waals surface area contributed by atoms with Gasteiger partial charge in [0.2, 0.25) is 0 Å². The number of aliphatic imine (C=N–C) groups is 1. The van der Waals surface area contributed by atoms with E-state index in [9.17, 15) is 0 Å². The van der Waals surface area contributed by atoms with Crippen LogP contribution in [0.4, 0.5) is 5.69 Å². The Labute approximate surface area is 169 Å². The molecule has 7 heteroatoms. The molecule has 1 saturated heterocycles. The van der Waals surface area contributed by atoms with E-state index in [-0.39, 0.29) is 0 Å². The van der Waals surface area contributed by atoms with Crippen LogP contribution < -0.4 is 0 Å². The predicted molar refractivity (Wildman–Crippen MR) is 113 cm³/mol. The van der Waals surface area contributed by atoms with Gasteiger partial charge in [0.05, 0.1) is 11.9 Å². The summed E-state index contributed by atoms with van der Waals surface area (Å²) in [4.78, 5) is 13.7. The molecule has 0 amide bonds. The number of amidine groups is 1. The average Bonchev–Trinajstić information content (AvgIpc) is 2.88. The maximum absolute atomic E-state index is 6.33. The summed E-state index contributed by atoms with van der Waals surface area (Å²) in [6, 6.07) is 9.63. The van der Waals surface area contributed by atoms with Crippen molar-refractivity contribution < 1.29 is 0 Å². The molecule has 1 aromatic carbocycles. The Balaban J connectivity index is 1.64. The van der Waals surface area contributed by atoms with Gasteiger partial charge in [0.25, 0.3) is 0 Å². The third-order valence-corrected chi connectivity index (χ3v) is 5.62. The van der Waals surface area contributed by atoms with Crippen LogP contribution in [-0.4, -0.2) is 52.4 Å². The summed E-state index contributed by atoms with van der Waals surface area (Å²) >= 11 is 14.0. The molecule has 26 heavy (non-hydrogen) atoms. The van der Waals surface area contributed by atoms with Gasteiger partial charge in [-0.3, -0.25) is 9.88 Å². The molecule has 0 atom stereocenters. The molecule has 2 aromatic rings. The molecule has 138 valence electrons. The predicted octanol–water partition coefficient (Wildman–Crippen LogP) is 4.95. The van der Waals surface area contributed by atoms with Crippen LogP contribution in [0.1, 0.15) is 12.0 Å². The molecule has 1 aliphatic heterocycles. The first-order chi connectivity index (χ1) is 12.7. The van der Waals surface area contributed by atoms with Crippen molar-refractivity contribution in [1.29, 1.82) is 0 Å². The zero-order valence-corrected chi connectivity index (χ0v) is 17.1. The standard InChI is InChI=1S/C19H22Cl2N4S/c1-26-19(23-17-4-2-7-22-13-17)25-9-3-8-24(10-11-25)14-15-5-6-16(20)12-18(15)21/h2,4-7,12-13H,3,8-11,14H2,1H3. The van der Waals surface area contributed by atoms with Crippen LogP contribution >= 0.6 is 35.0 Å². The third-order valence-electron chi connectivity index (χ3n) is 4.32. The molecule has 0 spiro atoms. The Morgan fingerprint density at radius 3 is 2.81 bits per heavy atom. The van der Waals surface area contributed by atoms with Gasteiger partial charge in [-0.15, -0.1) is 0 Å². The van der Waals surface area contributed by atoms with Crippen molar-refractivity contribution in [3.8, 4) is 0 Å². The highest BCUT2D eigenvalue weighted by Gasteiger charge is 2.18. The highest BCUT2D eigenvalue weighted by molar-refractivity contribution is 8.13. The van der Waals surface area contributed by atoms with Crippen LogP contribution in [0.15, 0.2) is 47.7 Å². The lowest BCUT2D eigenvalue weighted by atomic mass is 10.2. The number of benzene rings is 1. The number of nitrogens with zero attached hydrogens (tertiary/aromatic N) is 4. The minimum atomic E-state index is 0.678. The van der Waals surface area contributed by atoms with E-state index < -0.39 is 0 Å². The van der Waals surface area contributed by atoms with Gasteiger partial charge in [0.1, 0.15) is 0 Å². The fourth-order valence-electron chi connectivity index (χ4n) is 2.99. The molecular weight excluding hydrogens is 387 g/mol.